The molecule has 22 heavy (non-hydrogen) atoms. The number of benzene rings is 1. The van der Waals surface area contributed by atoms with Gasteiger partial charge in [-0.05, 0) is 24.6 Å². The molecule has 0 spiro atoms. The molecule has 0 radical (unpaired) electrons. The number of rotatable bonds is 2. The van der Waals surface area contributed by atoms with Gasteiger partial charge in [-0.25, -0.2) is 14.6 Å². The smallest absolute Gasteiger partial charge is 0.455 e. The van der Waals surface area contributed by atoms with Gasteiger partial charge in [-0.3, -0.25) is 0 Å². The first-order chi connectivity index (χ1) is 10.5. The number of nitrogens with zero attached hydrogens (tertiary/aromatic N) is 1. The number of carboxylic acid groups (broad SMARTS) is 1. The van der Waals surface area contributed by atoms with E-state index in [4.69, 9.17) is 26.2 Å². The third-order valence-electron chi connectivity index (χ3n) is 3.26. The summed E-state index contributed by atoms with van der Waals surface area (Å²) in [5, 5.41) is 9.46. The topological polar surface area (TPSA) is 85.7 Å². The second-order valence-corrected chi connectivity index (χ2v) is 5.11. The van der Waals surface area contributed by atoms with Crippen molar-refractivity contribution in [2.75, 3.05) is 0 Å². The zero-order chi connectivity index (χ0) is 15.9. The molecule has 0 saturated heterocycles. The summed E-state index contributed by atoms with van der Waals surface area (Å²) in [5.74, 6) is -0.532. The average Bonchev–Trinajstić information content (AvgIpc) is 2.82. The van der Waals surface area contributed by atoms with Crippen molar-refractivity contribution in [1.29, 1.82) is 0 Å². The van der Waals surface area contributed by atoms with Crippen LogP contribution in [0.3, 0.4) is 0 Å². The molecule has 1 aliphatic rings. The predicted molar refractivity (Wildman–Crippen MR) is 77.2 cm³/mol. The van der Waals surface area contributed by atoms with Crippen molar-refractivity contribution in [2.24, 2.45) is 0 Å². The fourth-order valence-corrected chi connectivity index (χ4v) is 2.51. The van der Waals surface area contributed by atoms with E-state index in [-0.39, 0.29) is 17.9 Å². The van der Waals surface area contributed by atoms with Crippen molar-refractivity contribution in [2.45, 2.75) is 13.5 Å². The third kappa shape index (κ3) is 2.37. The Morgan fingerprint density at radius 2 is 2.00 bits per heavy atom. The van der Waals surface area contributed by atoms with Crippen LogP contribution in [0.5, 0.6) is 5.75 Å². The Labute approximate surface area is 130 Å². The zero-order valence-corrected chi connectivity index (χ0v) is 12.2. The number of hydrogen-bond donors (Lipinski definition) is 1. The molecule has 6 nitrogen and oxygen atoms in total. The molecule has 1 aromatic heterocycles. The van der Waals surface area contributed by atoms with Crippen molar-refractivity contribution < 1.29 is 24.2 Å². The second kappa shape index (κ2) is 5.31. The monoisotopic (exact) mass is 319 g/mol. The summed E-state index contributed by atoms with van der Waals surface area (Å²) < 4.78 is 9.84. The Morgan fingerprint density at radius 1 is 1.32 bits per heavy atom. The van der Waals surface area contributed by atoms with Crippen LogP contribution in [0.2, 0.25) is 5.02 Å². The highest BCUT2D eigenvalue weighted by Gasteiger charge is 2.31. The van der Waals surface area contributed by atoms with Crippen molar-refractivity contribution in [1.82, 2.24) is 4.98 Å². The van der Waals surface area contributed by atoms with Gasteiger partial charge in [0, 0.05) is 10.6 Å². The summed E-state index contributed by atoms with van der Waals surface area (Å²) in [6.07, 6.45) is -1.48. The molecule has 1 N–H and O–H groups in total. The van der Waals surface area contributed by atoms with E-state index in [2.05, 4.69) is 4.98 Å². The quantitative estimate of drug-likeness (QED) is 0.853. The molecule has 2 aromatic rings. The van der Waals surface area contributed by atoms with E-state index < -0.39 is 12.1 Å². The van der Waals surface area contributed by atoms with Crippen molar-refractivity contribution in [3.63, 3.8) is 0 Å². The predicted octanol–water partition coefficient (Wildman–Crippen LogP) is 3.44. The molecular weight excluding hydrogens is 310 g/mol. The molecule has 1 aliphatic heterocycles. The first-order valence-corrected chi connectivity index (χ1v) is 6.72. The van der Waals surface area contributed by atoms with Crippen LogP contribution in [-0.2, 0) is 11.3 Å². The normalized spacial score (nSPS) is 12.7. The number of hydrogen-bond acceptors (Lipinski definition) is 5. The van der Waals surface area contributed by atoms with Crippen LogP contribution in [0, 0.1) is 6.92 Å². The summed E-state index contributed by atoms with van der Waals surface area (Å²) in [4.78, 5) is 27.1. The number of halogens is 1. The molecule has 0 atom stereocenters. The minimum Gasteiger partial charge on any atom is -0.455 e. The molecule has 0 amide bonds. The largest absolute Gasteiger partial charge is 0.511 e. The van der Waals surface area contributed by atoms with E-state index in [0.29, 0.717) is 27.5 Å². The van der Waals surface area contributed by atoms with Crippen LogP contribution in [-0.4, -0.2) is 22.2 Å². The van der Waals surface area contributed by atoms with Crippen LogP contribution in [0.1, 0.15) is 21.7 Å². The summed E-state index contributed by atoms with van der Waals surface area (Å²) in [6.45, 7) is 1.67. The summed E-state index contributed by atoms with van der Waals surface area (Å²) in [5.41, 5.74) is 2.00. The van der Waals surface area contributed by atoms with Crippen molar-refractivity contribution in [3.05, 3.63) is 46.2 Å². The lowest BCUT2D eigenvalue weighted by Crippen LogP contribution is -2.10. The van der Waals surface area contributed by atoms with E-state index in [9.17, 15) is 9.59 Å². The first-order valence-electron chi connectivity index (χ1n) is 6.34. The summed E-state index contributed by atoms with van der Waals surface area (Å²) in [7, 11) is 0. The lowest BCUT2D eigenvalue weighted by molar-refractivity contribution is 0.0533. The highest BCUT2D eigenvalue weighted by molar-refractivity contribution is 6.30. The van der Waals surface area contributed by atoms with Gasteiger partial charge in [-0.2, -0.15) is 0 Å². The molecule has 7 heteroatoms. The molecule has 0 unspecified atom stereocenters. The van der Waals surface area contributed by atoms with Crippen LogP contribution in [0.4, 0.5) is 4.79 Å². The molecule has 1 aromatic carbocycles. The Kier molecular flexibility index (Phi) is 3.46. The lowest BCUT2D eigenvalue weighted by Gasteiger charge is -2.13. The molecule has 0 fully saturated rings. The van der Waals surface area contributed by atoms with Crippen molar-refractivity contribution in [3.8, 4) is 16.9 Å². The van der Waals surface area contributed by atoms with Crippen LogP contribution >= 0.6 is 11.6 Å². The Hall–Kier alpha value is -2.60. The van der Waals surface area contributed by atoms with Gasteiger partial charge in [-0.15, -0.1) is 0 Å². The maximum absolute atomic E-state index is 12.0. The van der Waals surface area contributed by atoms with Crippen LogP contribution < -0.4 is 4.74 Å². The van der Waals surface area contributed by atoms with Crippen LogP contribution in [0.25, 0.3) is 11.1 Å². The SMILES string of the molecule is Cc1nc2c(c(-c3ccc(Cl)cc3)c1OC(=O)O)C(=O)OC2. The number of aryl methyl sites for hydroxylation is 1. The molecule has 2 heterocycles. The fraction of sp³-hybridized carbons (Fsp3) is 0.133. The number of ether oxygens (including phenoxy) is 2. The van der Waals surface area contributed by atoms with Gasteiger partial charge in [0.15, 0.2) is 5.75 Å². The van der Waals surface area contributed by atoms with Crippen LogP contribution in [0.15, 0.2) is 24.3 Å². The lowest BCUT2D eigenvalue weighted by atomic mass is 9.97. The molecule has 0 bridgehead atoms. The second-order valence-electron chi connectivity index (χ2n) is 4.67. The first kappa shape index (κ1) is 14.3. The van der Waals surface area contributed by atoms with Gasteiger partial charge >= 0.3 is 12.1 Å². The number of carbonyl (C=O) groups is 2. The molecule has 0 saturated carbocycles. The number of fused-ring (bicyclic) bond motifs is 1. The van der Waals surface area contributed by atoms with E-state index in [1.165, 1.54) is 0 Å². The zero-order valence-electron chi connectivity index (χ0n) is 11.4. The molecular formula is C15H10ClNO5. The Morgan fingerprint density at radius 3 is 2.64 bits per heavy atom. The van der Waals surface area contributed by atoms with E-state index in [0.717, 1.165) is 0 Å². The standard InChI is InChI=1S/C15H10ClNO5/c1-7-13(22-15(19)20)11(8-2-4-9(16)5-3-8)12-10(17-7)6-21-14(12)18/h2-5H,6H2,1H3,(H,19,20). The van der Waals surface area contributed by atoms with Gasteiger partial charge in [0.05, 0.1) is 17.0 Å². The molecule has 0 aliphatic carbocycles. The molecule has 112 valence electrons. The number of pyridine rings is 1. The van der Waals surface area contributed by atoms with Gasteiger partial charge in [0.2, 0.25) is 0 Å². The minimum absolute atomic E-state index is 0.0208. The van der Waals surface area contributed by atoms with E-state index in [1.807, 2.05) is 0 Å². The van der Waals surface area contributed by atoms with Gasteiger partial charge in [0.1, 0.15) is 6.61 Å². The average molecular weight is 320 g/mol. The van der Waals surface area contributed by atoms with Gasteiger partial charge < -0.3 is 14.6 Å². The number of carbonyl (C=O) groups excluding carboxylic acids is 1. The highest BCUT2D eigenvalue weighted by atomic mass is 35.5. The number of esters is 1. The number of cyclic esters (lactones) is 1. The minimum atomic E-state index is -1.48. The van der Waals surface area contributed by atoms with E-state index >= 15 is 0 Å². The third-order valence-corrected chi connectivity index (χ3v) is 3.52. The van der Waals surface area contributed by atoms with Crippen molar-refractivity contribution >= 4 is 23.7 Å². The number of aromatic nitrogens is 1. The van der Waals surface area contributed by atoms with Gasteiger partial charge in [-0.1, -0.05) is 23.7 Å². The highest BCUT2D eigenvalue weighted by Crippen LogP contribution is 2.40. The summed E-state index contributed by atoms with van der Waals surface area (Å²) >= 11 is 5.87. The van der Waals surface area contributed by atoms with E-state index in [1.54, 1.807) is 31.2 Å². The van der Waals surface area contributed by atoms with Gasteiger partial charge in [0.25, 0.3) is 0 Å². The fourth-order valence-electron chi connectivity index (χ4n) is 2.38. The maximum Gasteiger partial charge on any atom is 0.511 e. The maximum atomic E-state index is 12.0. The molecule has 3 rings (SSSR count). The summed E-state index contributed by atoms with van der Waals surface area (Å²) in [6, 6.07) is 6.64. The Bertz CT molecular complexity index is 786. The Balaban J connectivity index is 2.31.